The number of hydrogen-bond acceptors (Lipinski definition) is 4. The lowest BCUT2D eigenvalue weighted by atomic mass is 10.1. The molecule has 1 amide bonds. The highest BCUT2D eigenvalue weighted by atomic mass is 16.6. The van der Waals surface area contributed by atoms with Crippen molar-refractivity contribution < 1.29 is 23.8 Å². The minimum Gasteiger partial charge on any atom is -0.480 e. The molecule has 0 aromatic carbocycles. The lowest BCUT2D eigenvalue weighted by molar-refractivity contribution is -0.139. The minimum absolute atomic E-state index is 0.0424. The van der Waals surface area contributed by atoms with E-state index < -0.39 is 17.9 Å². The molecule has 0 aliphatic rings. The molecule has 0 fully saturated rings. The lowest BCUT2D eigenvalue weighted by Crippen LogP contribution is -2.40. The molecule has 1 atom stereocenters. The Kier molecular flexibility index (Phi) is 5.23. The molecule has 2 N–H and O–H groups in total. The van der Waals surface area contributed by atoms with Crippen LogP contribution in [0.5, 0.6) is 5.95 Å². The van der Waals surface area contributed by atoms with Crippen LogP contribution in [0.2, 0.25) is 0 Å². The maximum absolute atomic E-state index is 11.7. The molecule has 0 saturated heterocycles. The molecule has 0 radical (unpaired) electrons. The van der Waals surface area contributed by atoms with Gasteiger partial charge in [0.05, 0.1) is 6.61 Å². The van der Waals surface area contributed by atoms with E-state index in [0.717, 1.165) is 0 Å². The van der Waals surface area contributed by atoms with Crippen molar-refractivity contribution in [1.29, 1.82) is 0 Å². The van der Waals surface area contributed by atoms with Gasteiger partial charge in [0.2, 0.25) is 0 Å². The van der Waals surface area contributed by atoms with Gasteiger partial charge in [-0.25, -0.2) is 4.79 Å². The number of carboxylic acids is 1. The summed E-state index contributed by atoms with van der Waals surface area (Å²) < 4.78 is 10.2. The number of nitrogens with one attached hydrogen (secondary N) is 1. The summed E-state index contributed by atoms with van der Waals surface area (Å²) in [5.41, 5.74) is 0. The van der Waals surface area contributed by atoms with Crippen molar-refractivity contribution in [3.05, 3.63) is 17.9 Å². The first-order valence-corrected chi connectivity index (χ1v) is 5.84. The number of carboxylic acid groups (broad SMARTS) is 1. The van der Waals surface area contributed by atoms with Crippen molar-refractivity contribution in [3.63, 3.8) is 0 Å². The largest absolute Gasteiger partial charge is 0.480 e. The minimum atomic E-state index is -1.05. The van der Waals surface area contributed by atoms with Crippen molar-refractivity contribution in [1.82, 2.24) is 5.32 Å². The molecule has 0 aliphatic heterocycles. The van der Waals surface area contributed by atoms with Crippen LogP contribution in [0, 0.1) is 0 Å². The van der Waals surface area contributed by atoms with Crippen LogP contribution in [0.4, 0.5) is 0 Å². The van der Waals surface area contributed by atoms with E-state index in [1.807, 2.05) is 6.92 Å². The van der Waals surface area contributed by atoms with Gasteiger partial charge in [-0.05, 0) is 19.4 Å². The molecule has 100 valence electrons. The summed E-state index contributed by atoms with van der Waals surface area (Å²) in [5, 5.41) is 11.3. The Balaban J connectivity index is 2.64. The summed E-state index contributed by atoms with van der Waals surface area (Å²) in [6.07, 6.45) is 1.04. The van der Waals surface area contributed by atoms with Crippen molar-refractivity contribution >= 4 is 11.9 Å². The Hall–Kier alpha value is -1.98. The van der Waals surface area contributed by atoms with Gasteiger partial charge in [-0.3, -0.25) is 4.79 Å². The Morgan fingerprint density at radius 2 is 2.17 bits per heavy atom. The van der Waals surface area contributed by atoms with Gasteiger partial charge in [-0.1, -0.05) is 13.3 Å². The van der Waals surface area contributed by atoms with Crippen LogP contribution < -0.4 is 10.1 Å². The van der Waals surface area contributed by atoms with E-state index in [4.69, 9.17) is 14.3 Å². The number of amides is 1. The molecule has 0 spiro atoms. The number of rotatable bonds is 7. The smallest absolute Gasteiger partial charge is 0.326 e. The first kappa shape index (κ1) is 14.1. The fourth-order valence-electron chi connectivity index (χ4n) is 1.44. The summed E-state index contributed by atoms with van der Waals surface area (Å²) in [7, 11) is 0. The van der Waals surface area contributed by atoms with E-state index in [1.54, 1.807) is 6.92 Å². The molecule has 0 aliphatic carbocycles. The second-order valence-corrected chi connectivity index (χ2v) is 3.70. The first-order chi connectivity index (χ1) is 8.58. The molecule has 0 saturated carbocycles. The second-order valence-electron chi connectivity index (χ2n) is 3.70. The van der Waals surface area contributed by atoms with Gasteiger partial charge >= 0.3 is 5.97 Å². The fourth-order valence-corrected chi connectivity index (χ4v) is 1.44. The normalized spacial score (nSPS) is 11.9. The number of hydrogen-bond donors (Lipinski definition) is 2. The predicted molar refractivity (Wildman–Crippen MR) is 63.7 cm³/mol. The monoisotopic (exact) mass is 255 g/mol. The Labute approximate surface area is 105 Å². The third-order valence-corrected chi connectivity index (χ3v) is 2.27. The number of furan rings is 1. The van der Waals surface area contributed by atoms with Crippen LogP contribution in [0.25, 0.3) is 0 Å². The van der Waals surface area contributed by atoms with E-state index in [0.29, 0.717) is 19.4 Å². The summed E-state index contributed by atoms with van der Waals surface area (Å²) in [5.74, 6) is -1.32. The maximum atomic E-state index is 11.7. The van der Waals surface area contributed by atoms with Gasteiger partial charge in [-0.15, -0.1) is 0 Å². The average Bonchev–Trinajstić information content (AvgIpc) is 2.77. The number of ether oxygens (including phenoxy) is 1. The van der Waals surface area contributed by atoms with Crippen molar-refractivity contribution in [2.75, 3.05) is 6.61 Å². The topological polar surface area (TPSA) is 88.8 Å². The molecule has 6 heteroatoms. The van der Waals surface area contributed by atoms with Crippen LogP contribution in [-0.2, 0) is 4.79 Å². The molecule has 0 unspecified atom stereocenters. The molecule has 1 heterocycles. The van der Waals surface area contributed by atoms with E-state index in [-0.39, 0.29) is 11.7 Å². The summed E-state index contributed by atoms with van der Waals surface area (Å²) in [4.78, 5) is 22.6. The first-order valence-electron chi connectivity index (χ1n) is 5.84. The highest BCUT2D eigenvalue weighted by Gasteiger charge is 2.21. The molecule has 18 heavy (non-hydrogen) atoms. The van der Waals surface area contributed by atoms with Crippen molar-refractivity contribution in [2.24, 2.45) is 0 Å². The quantitative estimate of drug-likeness (QED) is 0.773. The molecule has 1 aromatic heterocycles. The van der Waals surface area contributed by atoms with Gasteiger partial charge in [-0.2, -0.15) is 0 Å². The predicted octanol–water partition coefficient (Wildman–Crippen LogP) is 1.66. The maximum Gasteiger partial charge on any atom is 0.326 e. The second kappa shape index (κ2) is 6.68. The van der Waals surface area contributed by atoms with E-state index in [1.165, 1.54) is 12.1 Å². The highest BCUT2D eigenvalue weighted by molar-refractivity contribution is 5.94. The summed E-state index contributed by atoms with van der Waals surface area (Å²) in [6, 6.07) is 2.07. The van der Waals surface area contributed by atoms with Gasteiger partial charge in [0.25, 0.3) is 11.9 Å². The molecular weight excluding hydrogens is 238 g/mol. The van der Waals surface area contributed by atoms with Gasteiger partial charge in [0, 0.05) is 6.07 Å². The fraction of sp³-hybridized carbons (Fsp3) is 0.500. The molecule has 0 bridgehead atoms. The van der Waals surface area contributed by atoms with Gasteiger partial charge in [0.15, 0.2) is 5.76 Å². The zero-order valence-electron chi connectivity index (χ0n) is 10.4. The Morgan fingerprint density at radius 1 is 1.44 bits per heavy atom. The van der Waals surface area contributed by atoms with Crippen LogP contribution in [-0.4, -0.2) is 29.6 Å². The number of carbonyl (C=O) groups excluding carboxylic acids is 1. The number of aliphatic carboxylic acids is 1. The van der Waals surface area contributed by atoms with Crippen molar-refractivity contribution in [2.45, 2.75) is 32.7 Å². The molecule has 1 rings (SSSR count). The SMILES string of the molecule is CCC[C@@H](NC(=O)c1ccc(OCC)o1)C(=O)O. The van der Waals surface area contributed by atoms with Crippen LogP contribution >= 0.6 is 0 Å². The van der Waals surface area contributed by atoms with Crippen molar-refractivity contribution in [3.8, 4) is 5.95 Å². The summed E-state index contributed by atoms with van der Waals surface area (Å²) >= 11 is 0. The van der Waals surface area contributed by atoms with Gasteiger partial charge in [0.1, 0.15) is 6.04 Å². The van der Waals surface area contributed by atoms with E-state index >= 15 is 0 Å². The number of carbonyl (C=O) groups is 2. The van der Waals surface area contributed by atoms with Crippen LogP contribution in [0.1, 0.15) is 37.2 Å². The Morgan fingerprint density at radius 3 is 2.72 bits per heavy atom. The van der Waals surface area contributed by atoms with Crippen LogP contribution in [0.15, 0.2) is 16.5 Å². The third-order valence-electron chi connectivity index (χ3n) is 2.27. The standard InChI is InChI=1S/C12H17NO5/c1-3-5-8(12(15)16)13-11(14)9-6-7-10(18-9)17-4-2/h6-8H,3-5H2,1-2H3,(H,13,14)(H,15,16)/t8-/m1/s1. The lowest BCUT2D eigenvalue weighted by Gasteiger charge is -2.12. The van der Waals surface area contributed by atoms with E-state index in [9.17, 15) is 9.59 Å². The Bertz CT molecular complexity index is 412. The van der Waals surface area contributed by atoms with Crippen LogP contribution in [0.3, 0.4) is 0 Å². The molecule has 1 aromatic rings. The highest BCUT2D eigenvalue weighted by Crippen LogP contribution is 2.16. The average molecular weight is 255 g/mol. The van der Waals surface area contributed by atoms with Gasteiger partial charge < -0.3 is 19.6 Å². The zero-order chi connectivity index (χ0) is 13.5. The zero-order valence-corrected chi connectivity index (χ0v) is 10.4. The van der Waals surface area contributed by atoms with E-state index in [2.05, 4.69) is 5.32 Å². The molecular formula is C12H17NO5. The third kappa shape index (κ3) is 3.80. The summed E-state index contributed by atoms with van der Waals surface area (Å²) in [6.45, 7) is 4.08. The molecule has 6 nitrogen and oxygen atoms in total.